The maximum Gasteiger partial charge on any atom is 0.141 e. The molecule has 4 nitrogen and oxygen atoms in total. The normalized spacial score (nSPS) is 10.2. The summed E-state index contributed by atoms with van der Waals surface area (Å²) in [5.74, 6) is 5.91. The maximum absolute atomic E-state index is 13.3. The Labute approximate surface area is 137 Å². The lowest BCUT2D eigenvalue weighted by molar-refractivity contribution is 0.628. The molecule has 6 heteroatoms. The summed E-state index contributed by atoms with van der Waals surface area (Å²) in [5.41, 5.74) is 7.62. The van der Waals surface area contributed by atoms with Gasteiger partial charge in [-0.2, -0.15) is 0 Å². The minimum absolute atomic E-state index is 0.0443. The monoisotopic (exact) mass is 326 g/mol. The van der Waals surface area contributed by atoms with Crippen molar-refractivity contribution < 1.29 is 4.39 Å². The zero-order chi connectivity index (χ0) is 16.2. The van der Waals surface area contributed by atoms with E-state index >= 15 is 0 Å². The number of benzene rings is 2. The van der Waals surface area contributed by atoms with Crippen LogP contribution in [0.2, 0.25) is 5.02 Å². The third-order valence-electron chi connectivity index (χ3n) is 3.15. The molecule has 0 aliphatic carbocycles. The lowest BCUT2D eigenvalue weighted by Crippen LogP contribution is -1.97. The molecule has 0 saturated carbocycles. The van der Waals surface area contributed by atoms with E-state index in [-0.39, 0.29) is 5.02 Å². The highest BCUT2D eigenvalue weighted by molar-refractivity contribution is 6.31. The van der Waals surface area contributed by atoms with Crippen molar-refractivity contribution in [3.05, 3.63) is 59.1 Å². The predicted molar refractivity (Wildman–Crippen MR) is 90.2 cm³/mol. The van der Waals surface area contributed by atoms with Gasteiger partial charge in [-0.3, -0.25) is 0 Å². The van der Waals surface area contributed by atoms with Crippen LogP contribution in [0, 0.1) is 17.7 Å². The highest BCUT2D eigenvalue weighted by atomic mass is 35.5. The van der Waals surface area contributed by atoms with Gasteiger partial charge in [-0.1, -0.05) is 23.4 Å². The molecule has 0 aliphatic rings. The predicted octanol–water partition coefficient (Wildman–Crippen LogP) is 3.48. The van der Waals surface area contributed by atoms with Crippen LogP contribution in [0.25, 0.3) is 10.9 Å². The number of hydrogen-bond acceptors (Lipinski definition) is 4. The summed E-state index contributed by atoms with van der Waals surface area (Å²) in [5, 5.41) is 3.97. The summed E-state index contributed by atoms with van der Waals surface area (Å²) < 4.78 is 13.3. The number of nitrogens with two attached hydrogens (primary N) is 1. The number of hydrogen-bond donors (Lipinski definition) is 2. The van der Waals surface area contributed by atoms with Crippen LogP contribution in [0.5, 0.6) is 0 Å². The van der Waals surface area contributed by atoms with Crippen LogP contribution < -0.4 is 11.1 Å². The number of fused-ring (bicyclic) bond motifs is 1. The zero-order valence-corrected chi connectivity index (χ0v) is 12.7. The van der Waals surface area contributed by atoms with Crippen LogP contribution in [0.3, 0.4) is 0 Å². The van der Waals surface area contributed by atoms with Crippen molar-refractivity contribution in [1.29, 1.82) is 0 Å². The molecule has 0 unspecified atom stereocenters. The Morgan fingerprint density at radius 3 is 2.83 bits per heavy atom. The van der Waals surface area contributed by atoms with E-state index in [9.17, 15) is 4.39 Å². The zero-order valence-electron chi connectivity index (χ0n) is 12.0. The van der Waals surface area contributed by atoms with Gasteiger partial charge in [-0.25, -0.2) is 14.4 Å². The number of halogens is 2. The van der Waals surface area contributed by atoms with Gasteiger partial charge < -0.3 is 11.1 Å². The fourth-order valence-corrected chi connectivity index (χ4v) is 2.28. The van der Waals surface area contributed by atoms with Crippen molar-refractivity contribution in [1.82, 2.24) is 9.97 Å². The molecule has 2 aromatic carbocycles. The fourth-order valence-electron chi connectivity index (χ4n) is 2.10. The Hall–Kier alpha value is -2.68. The van der Waals surface area contributed by atoms with Gasteiger partial charge in [0.05, 0.1) is 17.1 Å². The third kappa shape index (κ3) is 3.39. The SMILES string of the molecule is NCC#Cc1ccc2ncnc(Nc3ccc(F)c(Cl)c3)c2c1. The van der Waals surface area contributed by atoms with Crippen LogP contribution in [-0.2, 0) is 0 Å². The number of nitrogens with zero attached hydrogens (tertiary/aromatic N) is 2. The first kappa shape index (κ1) is 15.2. The molecule has 1 heterocycles. The topological polar surface area (TPSA) is 63.8 Å². The Bertz CT molecular complexity index is 931. The van der Waals surface area contributed by atoms with Crippen LogP contribution >= 0.6 is 11.6 Å². The molecule has 23 heavy (non-hydrogen) atoms. The summed E-state index contributed by atoms with van der Waals surface area (Å²) in [7, 11) is 0. The largest absolute Gasteiger partial charge is 0.340 e. The van der Waals surface area contributed by atoms with Gasteiger partial charge in [0.1, 0.15) is 18.0 Å². The summed E-state index contributed by atoms with van der Waals surface area (Å²) in [6.45, 7) is 0.294. The number of nitrogens with one attached hydrogen (secondary N) is 1. The fraction of sp³-hybridized carbons (Fsp3) is 0.0588. The van der Waals surface area contributed by atoms with Crippen molar-refractivity contribution in [3.63, 3.8) is 0 Å². The van der Waals surface area contributed by atoms with E-state index < -0.39 is 5.82 Å². The van der Waals surface area contributed by atoms with Crippen molar-refractivity contribution >= 4 is 34.0 Å². The van der Waals surface area contributed by atoms with Gasteiger partial charge in [0.15, 0.2) is 0 Å². The molecule has 1 aromatic heterocycles. The second-order valence-corrected chi connectivity index (χ2v) is 5.12. The van der Waals surface area contributed by atoms with Crippen LogP contribution in [-0.4, -0.2) is 16.5 Å². The van der Waals surface area contributed by atoms with Crippen LogP contribution in [0.15, 0.2) is 42.7 Å². The van der Waals surface area contributed by atoms with Gasteiger partial charge in [-0.05, 0) is 36.4 Å². The molecular formula is C17H12ClFN4. The molecular weight excluding hydrogens is 315 g/mol. The average Bonchev–Trinajstić information content (AvgIpc) is 2.56. The van der Waals surface area contributed by atoms with Crippen LogP contribution in [0.1, 0.15) is 5.56 Å². The molecule has 0 spiro atoms. The summed E-state index contributed by atoms with van der Waals surface area (Å²) in [4.78, 5) is 8.47. The molecule has 3 aromatic rings. The minimum atomic E-state index is -0.468. The molecule has 0 bridgehead atoms. The summed E-state index contributed by atoms with van der Waals surface area (Å²) in [6, 6.07) is 10.0. The Kier molecular flexibility index (Phi) is 4.38. The quantitative estimate of drug-likeness (QED) is 0.708. The molecule has 0 fully saturated rings. The molecule has 0 radical (unpaired) electrons. The molecule has 0 atom stereocenters. The van der Waals surface area contributed by atoms with Crippen molar-refractivity contribution in [3.8, 4) is 11.8 Å². The molecule has 3 rings (SSSR count). The van der Waals surface area contributed by atoms with Crippen molar-refractivity contribution in [2.75, 3.05) is 11.9 Å². The van der Waals surface area contributed by atoms with Crippen molar-refractivity contribution in [2.24, 2.45) is 5.73 Å². The van der Waals surface area contributed by atoms with E-state index in [1.807, 2.05) is 18.2 Å². The smallest absolute Gasteiger partial charge is 0.141 e. The standard InChI is InChI=1S/C17H12ClFN4/c18-14-9-12(4-5-15(14)19)23-17-13-8-11(2-1-7-20)3-6-16(13)21-10-22-17/h3-6,8-10H,7,20H2,(H,21,22,23). The van der Waals surface area contributed by atoms with E-state index in [4.69, 9.17) is 17.3 Å². The molecule has 3 N–H and O–H groups in total. The van der Waals surface area contributed by atoms with Gasteiger partial charge in [0.2, 0.25) is 0 Å². The lowest BCUT2D eigenvalue weighted by Gasteiger charge is -2.09. The number of aromatic nitrogens is 2. The Morgan fingerprint density at radius 1 is 1.17 bits per heavy atom. The molecule has 0 saturated heterocycles. The third-order valence-corrected chi connectivity index (χ3v) is 3.44. The average molecular weight is 327 g/mol. The first-order valence-electron chi connectivity index (χ1n) is 6.83. The highest BCUT2D eigenvalue weighted by Gasteiger charge is 2.06. The van der Waals surface area contributed by atoms with E-state index in [0.29, 0.717) is 18.1 Å². The Morgan fingerprint density at radius 2 is 2.04 bits per heavy atom. The van der Waals surface area contributed by atoms with Crippen LogP contribution in [0.4, 0.5) is 15.9 Å². The number of rotatable bonds is 2. The molecule has 0 amide bonds. The van der Waals surface area contributed by atoms with Gasteiger partial charge in [-0.15, -0.1) is 0 Å². The maximum atomic E-state index is 13.3. The summed E-state index contributed by atoms with van der Waals surface area (Å²) in [6.07, 6.45) is 1.46. The van der Waals surface area contributed by atoms with Gasteiger partial charge in [0, 0.05) is 16.6 Å². The number of anilines is 2. The lowest BCUT2D eigenvalue weighted by atomic mass is 10.1. The second kappa shape index (κ2) is 6.61. The van der Waals surface area contributed by atoms with Gasteiger partial charge in [0.25, 0.3) is 0 Å². The molecule has 0 aliphatic heterocycles. The van der Waals surface area contributed by atoms with E-state index in [2.05, 4.69) is 27.1 Å². The van der Waals surface area contributed by atoms with E-state index in [1.54, 1.807) is 6.07 Å². The highest BCUT2D eigenvalue weighted by Crippen LogP contribution is 2.26. The van der Waals surface area contributed by atoms with E-state index in [1.165, 1.54) is 18.5 Å². The molecule has 114 valence electrons. The first-order valence-corrected chi connectivity index (χ1v) is 7.21. The Balaban J connectivity index is 2.03. The summed E-state index contributed by atoms with van der Waals surface area (Å²) >= 11 is 5.80. The van der Waals surface area contributed by atoms with E-state index in [0.717, 1.165) is 16.5 Å². The first-order chi connectivity index (χ1) is 11.2. The van der Waals surface area contributed by atoms with Crippen molar-refractivity contribution in [2.45, 2.75) is 0 Å². The minimum Gasteiger partial charge on any atom is -0.340 e. The second-order valence-electron chi connectivity index (χ2n) is 4.71. The van der Waals surface area contributed by atoms with Gasteiger partial charge >= 0.3 is 0 Å².